The minimum absolute atomic E-state index is 0.0104. The average molecular weight is 987 g/mol. The summed E-state index contributed by atoms with van der Waals surface area (Å²) in [7, 11) is 0. The van der Waals surface area contributed by atoms with Crippen molar-refractivity contribution in [3.8, 4) is 0 Å². The summed E-state index contributed by atoms with van der Waals surface area (Å²) < 4.78 is 5.49. The zero-order valence-corrected chi connectivity index (χ0v) is 47.3. The van der Waals surface area contributed by atoms with E-state index in [9.17, 15) is 19.8 Å². The highest BCUT2D eigenvalue weighted by Gasteiger charge is 2.20. The molecule has 0 aliphatic heterocycles. The molecule has 0 heterocycles. The lowest BCUT2D eigenvalue weighted by Gasteiger charge is -2.22. The molecule has 1 amide bonds. The molecule has 0 fully saturated rings. The first-order valence-corrected chi connectivity index (χ1v) is 31.6. The number of rotatable bonds is 59. The minimum Gasteiger partial charge on any atom is -0.466 e. The van der Waals surface area contributed by atoms with Crippen LogP contribution in [0.2, 0.25) is 0 Å². The largest absolute Gasteiger partial charge is 0.466 e. The van der Waals surface area contributed by atoms with Crippen molar-refractivity contribution in [1.82, 2.24) is 5.32 Å². The topological polar surface area (TPSA) is 95.9 Å². The Balaban J connectivity index is 3.36. The first-order valence-electron chi connectivity index (χ1n) is 31.6. The van der Waals surface area contributed by atoms with E-state index in [4.69, 9.17) is 4.74 Å². The van der Waals surface area contributed by atoms with Crippen molar-refractivity contribution in [3.05, 3.63) is 24.3 Å². The number of esters is 1. The summed E-state index contributed by atoms with van der Waals surface area (Å²) in [6.45, 7) is 4.95. The Morgan fingerprint density at radius 1 is 0.386 bits per heavy atom. The van der Waals surface area contributed by atoms with Crippen molar-refractivity contribution in [2.75, 3.05) is 13.2 Å². The second-order valence-electron chi connectivity index (χ2n) is 21.7. The highest BCUT2D eigenvalue weighted by atomic mass is 16.5. The van der Waals surface area contributed by atoms with Gasteiger partial charge < -0.3 is 20.3 Å². The van der Waals surface area contributed by atoms with E-state index in [1.807, 2.05) is 0 Å². The van der Waals surface area contributed by atoms with Crippen LogP contribution in [0.15, 0.2) is 24.3 Å². The van der Waals surface area contributed by atoms with Gasteiger partial charge >= 0.3 is 5.97 Å². The number of ether oxygens (including phenoxy) is 1. The highest BCUT2D eigenvalue weighted by molar-refractivity contribution is 5.76. The van der Waals surface area contributed by atoms with Gasteiger partial charge in [-0.1, -0.05) is 282 Å². The van der Waals surface area contributed by atoms with Gasteiger partial charge in [0.15, 0.2) is 0 Å². The molecule has 0 bridgehead atoms. The van der Waals surface area contributed by atoms with Gasteiger partial charge in [0.05, 0.1) is 25.4 Å². The number of hydrogen-bond donors (Lipinski definition) is 3. The molecule has 3 N–H and O–H groups in total. The summed E-state index contributed by atoms with van der Waals surface area (Å²) in [4.78, 5) is 24.5. The lowest BCUT2D eigenvalue weighted by molar-refractivity contribution is -0.143. The zero-order chi connectivity index (χ0) is 50.7. The standard InChI is InChI=1S/C64H123NO5/c1-3-5-7-9-11-13-15-16-17-27-31-34-38-42-46-50-54-58-64(69)70-59-55-51-47-43-39-35-32-29-26-24-22-20-18-19-21-23-25-28-30-33-37-41-45-49-53-57-63(68)65-61(60-66)62(67)56-52-48-44-40-36-14-12-10-8-6-4-2/h16-17,19,21,61-62,66-67H,3-15,18,20,22-60H2,1-2H3,(H,65,68)/b17-16-,21-19-. The van der Waals surface area contributed by atoms with E-state index in [1.165, 1.54) is 270 Å². The van der Waals surface area contributed by atoms with Gasteiger partial charge in [-0.3, -0.25) is 9.59 Å². The van der Waals surface area contributed by atoms with Crippen molar-refractivity contribution in [2.45, 2.75) is 360 Å². The minimum atomic E-state index is -0.664. The van der Waals surface area contributed by atoms with E-state index < -0.39 is 12.1 Å². The Morgan fingerprint density at radius 2 is 0.671 bits per heavy atom. The van der Waals surface area contributed by atoms with E-state index in [1.54, 1.807) is 0 Å². The Kier molecular flexibility index (Phi) is 58.5. The van der Waals surface area contributed by atoms with E-state index >= 15 is 0 Å². The molecule has 0 aromatic rings. The fourth-order valence-corrected chi connectivity index (χ4v) is 9.87. The van der Waals surface area contributed by atoms with Crippen LogP contribution in [-0.2, 0) is 14.3 Å². The van der Waals surface area contributed by atoms with Gasteiger partial charge in [-0.15, -0.1) is 0 Å². The zero-order valence-electron chi connectivity index (χ0n) is 47.3. The summed E-state index contributed by atoms with van der Waals surface area (Å²) in [5, 5.41) is 23.2. The summed E-state index contributed by atoms with van der Waals surface area (Å²) in [5.41, 5.74) is 0. The van der Waals surface area contributed by atoms with Crippen LogP contribution in [0.5, 0.6) is 0 Å². The molecule has 70 heavy (non-hydrogen) atoms. The maximum atomic E-state index is 12.4. The number of carbonyl (C=O) groups excluding carboxylic acids is 2. The molecule has 414 valence electrons. The smallest absolute Gasteiger partial charge is 0.305 e. The van der Waals surface area contributed by atoms with Crippen LogP contribution in [0.3, 0.4) is 0 Å². The molecule has 0 aliphatic rings. The van der Waals surface area contributed by atoms with Crippen LogP contribution >= 0.6 is 0 Å². The third-order valence-electron chi connectivity index (χ3n) is 14.7. The summed E-state index contributed by atoms with van der Waals surface area (Å²) >= 11 is 0. The van der Waals surface area contributed by atoms with E-state index in [0.29, 0.717) is 25.9 Å². The molecule has 0 saturated heterocycles. The average Bonchev–Trinajstić information content (AvgIpc) is 3.36. The van der Waals surface area contributed by atoms with Gasteiger partial charge in [-0.05, 0) is 77.0 Å². The van der Waals surface area contributed by atoms with Crippen molar-refractivity contribution >= 4 is 11.9 Å². The number of aliphatic hydroxyl groups is 2. The summed E-state index contributed by atoms with van der Waals surface area (Å²) in [6, 6.07) is -0.542. The second kappa shape index (κ2) is 59.9. The van der Waals surface area contributed by atoms with E-state index in [-0.39, 0.29) is 18.5 Å². The van der Waals surface area contributed by atoms with Crippen LogP contribution in [0.25, 0.3) is 0 Å². The number of aliphatic hydroxyl groups excluding tert-OH is 2. The van der Waals surface area contributed by atoms with E-state index in [0.717, 1.165) is 44.9 Å². The number of carbonyl (C=O) groups is 2. The highest BCUT2D eigenvalue weighted by Crippen LogP contribution is 2.17. The molecule has 0 spiro atoms. The molecule has 6 heteroatoms. The molecule has 0 aromatic carbocycles. The Labute approximate surface area is 437 Å². The molecule has 0 rings (SSSR count). The number of amides is 1. The van der Waals surface area contributed by atoms with Crippen LogP contribution in [-0.4, -0.2) is 47.4 Å². The van der Waals surface area contributed by atoms with Gasteiger partial charge in [-0.2, -0.15) is 0 Å². The molecular formula is C64H123NO5. The maximum Gasteiger partial charge on any atom is 0.305 e. The van der Waals surface area contributed by atoms with E-state index in [2.05, 4.69) is 43.5 Å². The molecule has 0 aliphatic carbocycles. The SMILES string of the molecule is CCCCCCCC/C=C\CCCCCCCCCC(=O)OCCCCCCCCCCCCCC/C=C\CCCCCCCCCCCC(=O)NC(CO)C(O)CCCCCCCCCCCCC. The predicted octanol–water partition coefficient (Wildman–Crippen LogP) is 19.8. The lowest BCUT2D eigenvalue weighted by Crippen LogP contribution is -2.45. The van der Waals surface area contributed by atoms with Crippen LogP contribution in [0.4, 0.5) is 0 Å². The third-order valence-corrected chi connectivity index (χ3v) is 14.7. The number of allylic oxidation sites excluding steroid dienone is 4. The first kappa shape index (κ1) is 68.3. The number of hydrogen-bond acceptors (Lipinski definition) is 5. The molecule has 2 atom stereocenters. The first-order chi connectivity index (χ1) is 34.5. The third kappa shape index (κ3) is 55.7. The Morgan fingerprint density at radius 3 is 1.01 bits per heavy atom. The second-order valence-corrected chi connectivity index (χ2v) is 21.7. The fourth-order valence-electron chi connectivity index (χ4n) is 9.87. The maximum absolute atomic E-state index is 12.4. The van der Waals surface area contributed by atoms with Crippen LogP contribution < -0.4 is 5.32 Å². The molecule has 0 radical (unpaired) electrons. The van der Waals surface area contributed by atoms with Gasteiger partial charge in [0.1, 0.15) is 0 Å². The van der Waals surface area contributed by atoms with Crippen molar-refractivity contribution in [1.29, 1.82) is 0 Å². The van der Waals surface area contributed by atoms with Crippen LogP contribution in [0.1, 0.15) is 348 Å². The Hall–Kier alpha value is -1.66. The van der Waals surface area contributed by atoms with Crippen molar-refractivity contribution < 1.29 is 24.5 Å². The number of nitrogens with one attached hydrogen (secondary N) is 1. The van der Waals surface area contributed by atoms with Gasteiger partial charge in [0.2, 0.25) is 5.91 Å². The van der Waals surface area contributed by atoms with Crippen molar-refractivity contribution in [2.24, 2.45) is 0 Å². The number of unbranched alkanes of at least 4 members (excludes halogenated alkanes) is 44. The van der Waals surface area contributed by atoms with Crippen LogP contribution in [0, 0.1) is 0 Å². The fraction of sp³-hybridized carbons (Fsp3) is 0.906. The lowest BCUT2D eigenvalue weighted by atomic mass is 10.0. The molecule has 0 aromatic heterocycles. The predicted molar refractivity (Wildman–Crippen MR) is 306 cm³/mol. The van der Waals surface area contributed by atoms with Gasteiger partial charge in [-0.25, -0.2) is 0 Å². The molecule has 2 unspecified atom stereocenters. The van der Waals surface area contributed by atoms with Crippen molar-refractivity contribution in [3.63, 3.8) is 0 Å². The quantitative estimate of drug-likeness (QED) is 0.0321. The van der Waals surface area contributed by atoms with Gasteiger partial charge in [0, 0.05) is 12.8 Å². The normalized spacial score (nSPS) is 12.7. The van der Waals surface area contributed by atoms with Gasteiger partial charge in [0.25, 0.3) is 0 Å². The molecular weight excluding hydrogens is 863 g/mol. The molecule has 0 saturated carbocycles. The molecule has 6 nitrogen and oxygen atoms in total. The monoisotopic (exact) mass is 986 g/mol. The Bertz CT molecular complexity index is 1090. The summed E-state index contributed by atoms with van der Waals surface area (Å²) in [5.74, 6) is -0.0276. The summed E-state index contributed by atoms with van der Waals surface area (Å²) in [6.07, 6.45) is 73.4.